The molecule has 5 heteroatoms. The minimum Gasteiger partial charge on any atom is -0.402 e. The van der Waals surface area contributed by atoms with Crippen molar-refractivity contribution in [1.82, 2.24) is 9.78 Å². The van der Waals surface area contributed by atoms with Crippen molar-refractivity contribution in [3.8, 4) is 11.6 Å². The van der Waals surface area contributed by atoms with Crippen molar-refractivity contribution in [3.05, 3.63) is 102 Å². The van der Waals surface area contributed by atoms with Crippen molar-refractivity contribution in [3.63, 3.8) is 0 Å². The Labute approximate surface area is 174 Å². The molecule has 0 N–H and O–H groups in total. The van der Waals surface area contributed by atoms with E-state index in [-0.39, 0.29) is 0 Å². The molecule has 0 amide bonds. The lowest BCUT2D eigenvalue weighted by atomic mass is 10.1. The number of benzene rings is 3. The Morgan fingerprint density at radius 2 is 1.59 bits per heavy atom. The van der Waals surface area contributed by atoms with Crippen LogP contribution in [0.15, 0.2) is 94.7 Å². The van der Waals surface area contributed by atoms with Crippen LogP contribution in [0.25, 0.3) is 5.69 Å². The van der Waals surface area contributed by atoms with Crippen molar-refractivity contribution < 1.29 is 9.53 Å². The van der Waals surface area contributed by atoms with E-state index >= 15 is 0 Å². The van der Waals surface area contributed by atoms with Gasteiger partial charge in [-0.05, 0) is 50.2 Å². The molecule has 29 heavy (non-hydrogen) atoms. The molecule has 0 unspecified atom stereocenters. The summed E-state index contributed by atoms with van der Waals surface area (Å²) in [5, 5.41) is 4.66. The minimum absolute atomic E-state index is 0.402. The third-order valence-electron chi connectivity index (χ3n) is 4.37. The number of rotatable bonds is 5. The number of esters is 1. The van der Waals surface area contributed by atoms with Crippen LogP contribution < -0.4 is 4.74 Å². The molecule has 0 bridgehead atoms. The first kappa shape index (κ1) is 19.0. The van der Waals surface area contributed by atoms with Gasteiger partial charge in [0, 0.05) is 4.90 Å². The number of aryl methyl sites for hydroxylation is 2. The molecule has 4 nitrogen and oxygen atoms in total. The first-order chi connectivity index (χ1) is 14.1. The first-order valence-corrected chi connectivity index (χ1v) is 10.1. The zero-order chi connectivity index (χ0) is 20.2. The van der Waals surface area contributed by atoms with E-state index in [1.807, 2.05) is 92.7 Å². The SMILES string of the molecule is Cc1cccc(C(=O)Oc2c(Sc3ccccc3)c(C)nn2-c2ccccc2)c1. The van der Waals surface area contributed by atoms with Crippen molar-refractivity contribution in [2.24, 2.45) is 0 Å². The Kier molecular flexibility index (Phi) is 5.49. The molecule has 0 fully saturated rings. The second-order valence-electron chi connectivity index (χ2n) is 6.64. The van der Waals surface area contributed by atoms with E-state index in [1.165, 1.54) is 11.8 Å². The second kappa shape index (κ2) is 8.37. The van der Waals surface area contributed by atoms with Crippen molar-refractivity contribution in [2.45, 2.75) is 23.6 Å². The van der Waals surface area contributed by atoms with Crippen LogP contribution in [0.2, 0.25) is 0 Å². The monoisotopic (exact) mass is 400 g/mol. The predicted octanol–water partition coefficient (Wildman–Crippen LogP) is 5.86. The van der Waals surface area contributed by atoms with E-state index in [1.54, 1.807) is 10.7 Å². The summed E-state index contributed by atoms with van der Waals surface area (Å²) in [7, 11) is 0. The zero-order valence-electron chi connectivity index (χ0n) is 16.2. The molecule has 0 aliphatic heterocycles. The summed E-state index contributed by atoms with van der Waals surface area (Å²) in [6, 6.07) is 27.1. The third kappa shape index (κ3) is 4.25. The van der Waals surface area contributed by atoms with Gasteiger partial charge in [0.1, 0.15) is 0 Å². The summed E-state index contributed by atoms with van der Waals surface area (Å²) in [6.45, 7) is 3.88. The molecule has 0 saturated heterocycles. The Hall–Kier alpha value is -3.31. The summed E-state index contributed by atoms with van der Waals surface area (Å²) >= 11 is 1.54. The maximum Gasteiger partial charge on any atom is 0.344 e. The first-order valence-electron chi connectivity index (χ1n) is 9.28. The molecule has 0 aliphatic carbocycles. The van der Waals surface area contributed by atoms with Crippen LogP contribution in [-0.2, 0) is 0 Å². The van der Waals surface area contributed by atoms with Crippen molar-refractivity contribution in [1.29, 1.82) is 0 Å². The third-order valence-corrected chi connectivity index (χ3v) is 5.55. The van der Waals surface area contributed by atoms with Crippen molar-refractivity contribution >= 4 is 17.7 Å². The van der Waals surface area contributed by atoms with Crippen LogP contribution in [0.1, 0.15) is 21.6 Å². The number of aromatic nitrogens is 2. The second-order valence-corrected chi connectivity index (χ2v) is 7.72. The van der Waals surface area contributed by atoms with Gasteiger partial charge in [0.05, 0.1) is 21.8 Å². The molecule has 1 heterocycles. The van der Waals surface area contributed by atoms with Crippen LogP contribution in [0.3, 0.4) is 0 Å². The number of ether oxygens (including phenoxy) is 1. The smallest absolute Gasteiger partial charge is 0.344 e. The van der Waals surface area contributed by atoms with Gasteiger partial charge in [0.25, 0.3) is 0 Å². The molecule has 0 saturated carbocycles. The fourth-order valence-corrected chi connectivity index (χ4v) is 3.90. The molecular formula is C24H20N2O2S. The summed E-state index contributed by atoms with van der Waals surface area (Å²) < 4.78 is 7.59. The maximum absolute atomic E-state index is 12.9. The highest BCUT2D eigenvalue weighted by atomic mass is 32.2. The number of hydrogen-bond donors (Lipinski definition) is 0. The highest BCUT2D eigenvalue weighted by Gasteiger charge is 2.22. The quantitative estimate of drug-likeness (QED) is 0.394. The number of para-hydroxylation sites is 1. The molecule has 3 aromatic carbocycles. The van der Waals surface area contributed by atoms with E-state index in [0.29, 0.717) is 11.4 Å². The summed E-state index contributed by atoms with van der Waals surface area (Å²) in [5.74, 6) is 0.0229. The van der Waals surface area contributed by atoms with Gasteiger partial charge in [-0.25, -0.2) is 4.79 Å². The molecule has 0 spiro atoms. The molecule has 0 radical (unpaired) electrons. The van der Waals surface area contributed by atoms with Crippen molar-refractivity contribution in [2.75, 3.05) is 0 Å². The van der Waals surface area contributed by atoms with Crippen LogP contribution in [-0.4, -0.2) is 15.7 Å². The van der Waals surface area contributed by atoms with Gasteiger partial charge in [0.15, 0.2) is 0 Å². The van der Waals surface area contributed by atoms with Gasteiger partial charge >= 0.3 is 5.97 Å². The lowest BCUT2D eigenvalue weighted by Gasteiger charge is -2.10. The largest absolute Gasteiger partial charge is 0.402 e. The lowest BCUT2D eigenvalue weighted by Crippen LogP contribution is -2.12. The highest BCUT2D eigenvalue weighted by Crippen LogP contribution is 2.39. The molecular weight excluding hydrogens is 380 g/mol. The Morgan fingerprint density at radius 3 is 2.28 bits per heavy atom. The summed E-state index contributed by atoms with van der Waals surface area (Å²) in [5.41, 5.74) is 3.16. The summed E-state index contributed by atoms with van der Waals surface area (Å²) in [4.78, 5) is 14.8. The molecule has 0 aliphatic rings. The summed E-state index contributed by atoms with van der Waals surface area (Å²) in [6.07, 6.45) is 0. The molecule has 4 rings (SSSR count). The predicted molar refractivity (Wildman–Crippen MR) is 115 cm³/mol. The number of carbonyl (C=O) groups excluding carboxylic acids is 1. The zero-order valence-corrected chi connectivity index (χ0v) is 17.0. The molecule has 0 atom stereocenters. The van der Waals surface area contributed by atoms with Crippen LogP contribution >= 0.6 is 11.8 Å². The van der Waals surface area contributed by atoms with Gasteiger partial charge in [-0.1, -0.05) is 65.9 Å². The highest BCUT2D eigenvalue weighted by molar-refractivity contribution is 7.99. The number of hydrogen-bond acceptors (Lipinski definition) is 4. The lowest BCUT2D eigenvalue weighted by molar-refractivity contribution is 0.0718. The Bertz CT molecular complexity index is 1140. The molecule has 144 valence electrons. The Morgan fingerprint density at radius 1 is 0.897 bits per heavy atom. The van der Waals surface area contributed by atoms with E-state index in [9.17, 15) is 4.79 Å². The van der Waals surface area contributed by atoms with E-state index < -0.39 is 5.97 Å². The maximum atomic E-state index is 12.9. The number of nitrogens with zero attached hydrogens (tertiary/aromatic N) is 2. The molecule has 1 aromatic heterocycles. The van der Waals surface area contributed by atoms with Crippen LogP contribution in [0.5, 0.6) is 5.88 Å². The van der Waals surface area contributed by atoms with Gasteiger partial charge in [-0.3, -0.25) is 0 Å². The van der Waals surface area contributed by atoms with E-state index in [4.69, 9.17) is 4.74 Å². The average molecular weight is 401 g/mol. The fraction of sp³-hybridized carbons (Fsp3) is 0.0833. The normalized spacial score (nSPS) is 10.7. The minimum atomic E-state index is -0.402. The Balaban J connectivity index is 1.77. The van der Waals surface area contributed by atoms with Gasteiger partial charge in [0.2, 0.25) is 5.88 Å². The number of carbonyl (C=O) groups is 1. The average Bonchev–Trinajstić information content (AvgIpc) is 3.05. The van der Waals surface area contributed by atoms with Crippen LogP contribution in [0.4, 0.5) is 0 Å². The van der Waals surface area contributed by atoms with Gasteiger partial charge in [-0.2, -0.15) is 9.78 Å². The van der Waals surface area contributed by atoms with Gasteiger partial charge < -0.3 is 4.74 Å². The van der Waals surface area contributed by atoms with Crippen LogP contribution in [0, 0.1) is 13.8 Å². The van der Waals surface area contributed by atoms with E-state index in [2.05, 4.69) is 5.10 Å². The van der Waals surface area contributed by atoms with Gasteiger partial charge in [-0.15, -0.1) is 0 Å². The fourth-order valence-electron chi connectivity index (χ4n) is 2.97. The standard InChI is InChI=1S/C24H20N2O2S/c1-17-10-9-11-19(16-17)24(27)28-23-22(29-21-14-7-4-8-15-21)18(2)25-26(23)20-12-5-3-6-13-20/h3-16H,1-2H3. The molecule has 4 aromatic rings. The van der Waals surface area contributed by atoms with E-state index in [0.717, 1.165) is 26.7 Å². The topological polar surface area (TPSA) is 44.1 Å².